The van der Waals surface area contributed by atoms with Gasteiger partial charge >= 0.3 is 0 Å². The van der Waals surface area contributed by atoms with Crippen LogP contribution in [-0.4, -0.2) is 4.98 Å². The average molecular weight is 299 g/mol. The Bertz CT molecular complexity index is 523. The van der Waals surface area contributed by atoms with E-state index in [9.17, 15) is 0 Å². The predicted octanol–water partition coefficient (Wildman–Crippen LogP) is 4.86. The predicted molar refractivity (Wildman–Crippen MR) is 73.1 cm³/mol. The number of aromatic nitrogens is 1. The molecule has 0 aliphatic heterocycles. The number of nitrogens with zero attached hydrogens (tertiary/aromatic N) is 1. The van der Waals surface area contributed by atoms with E-state index in [4.69, 9.17) is 11.6 Å². The first-order chi connectivity index (χ1) is 7.63. The van der Waals surface area contributed by atoms with Gasteiger partial charge in [-0.2, -0.15) is 0 Å². The quantitative estimate of drug-likeness (QED) is 0.722. The Morgan fingerprint density at radius 2 is 2.12 bits per heavy atom. The number of alkyl halides is 1. The fourth-order valence-electron chi connectivity index (χ4n) is 1.71. The standard InChI is InChI=1S/C13H13BrClN/c1-8(2)12-6-9(7-15)10-4-3-5-11(14)13(10)16-12/h3-6,8H,7H2,1-2H3. The van der Waals surface area contributed by atoms with Crippen LogP contribution in [-0.2, 0) is 5.88 Å². The highest BCUT2D eigenvalue weighted by Gasteiger charge is 2.09. The summed E-state index contributed by atoms with van der Waals surface area (Å²) in [6, 6.07) is 8.19. The molecule has 0 saturated carbocycles. The van der Waals surface area contributed by atoms with Gasteiger partial charge in [0.15, 0.2) is 0 Å². The molecule has 1 nitrogen and oxygen atoms in total. The van der Waals surface area contributed by atoms with Crippen molar-refractivity contribution < 1.29 is 0 Å². The Balaban J connectivity index is 2.79. The van der Waals surface area contributed by atoms with Gasteiger partial charge in [-0.05, 0) is 39.5 Å². The maximum absolute atomic E-state index is 5.99. The van der Waals surface area contributed by atoms with E-state index in [0.29, 0.717) is 11.8 Å². The SMILES string of the molecule is CC(C)c1cc(CCl)c2cccc(Br)c2n1. The highest BCUT2D eigenvalue weighted by atomic mass is 79.9. The van der Waals surface area contributed by atoms with Crippen molar-refractivity contribution >= 4 is 38.4 Å². The van der Waals surface area contributed by atoms with Crippen LogP contribution in [0.1, 0.15) is 31.0 Å². The summed E-state index contributed by atoms with van der Waals surface area (Å²) in [7, 11) is 0. The molecule has 0 amide bonds. The number of para-hydroxylation sites is 1. The van der Waals surface area contributed by atoms with Gasteiger partial charge in [-0.3, -0.25) is 4.98 Å². The molecule has 0 unspecified atom stereocenters. The molecule has 1 heterocycles. The van der Waals surface area contributed by atoms with E-state index in [2.05, 4.69) is 46.9 Å². The summed E-state index contributed by atoms with van der Waals surface area (Å²) in [6.45, 7) is 4.28. The number of pyridine rings is 1. The third-order valence-corrected chi connectivity index (χ3v) is 3.56. The van der Waals surface area contributed by atoms with Crippen LogP contribution < -0.4 is 0 Å². The molecule has 1 aromatic heterocycles. The fraction of sp³-hybridized carbons (Fsp3) is 0.308. The lowest BCUT2D eigenvalue weighted by molar-refractivity contribution is 0.827. The highest BCUT2D eigenvalue weighted by molar-refractivity contribution is 9.10. The van der Waals surface area contributed by atoms with Crippen LogP contribution in [0.4, 0.5) is 0 Å². The molecule has 1 aromatic carbocycles. The van der Waals surface area contributed by atoms with E-state index in [1.165, 1.54) is 0 Å². The van der Waals surface area contributed by atoms with E-state index in [1.807, 2.05) is 12.1 Å². The number of rotatable bonds is 2. The molecule has 16 heavy (non-hydrogen) atoms. The van der Waals surface area contributed by atoms with Gasteiger partial charge < -0.3 is 0 Å². The molecular formula is C13H13BrClN. The molecule has 84 valence electrons. The number of hydrogen-bond acceptors (Lipinski definition) is 1. The largest absolute Gasteiger partial charge is 0.251 e. The lowest BCUT2D eigenvalue weighted by atomic mass is 10.0. The Morgan fingerprint density at radius 3 is 2.75 bits per heavy atom. The average Bonchev–Trinajstić information content (AvgIpc) is 2.28. The maximum atomic E-state index is 5.99. The van der Waals surface area contributed by atoms with Crippen LogP contribution in [0.2, 0.25) is 0 Å². The first kappa shape index (κ1) is 11.9. The summed E-state index contributed by atoms with van der Waals surface area (Å²) in [5.74, 6) is 0.938. The van der Waals surface area contributed by atoms with Crippen LogP contribution in [0.25, 0.3) is 10.9 Å². The maximum Gasteiger partial charge on any atom is 0.0850 e. The van der Waals surface area contributed by atoms with Gasteiger partial charge in [0.2, 0.25) is 0 Å². The monoisotopic (exact) mass is 297 g/mol. The van der Waals surface area contributed by atoms with Gasteiger partial charge in [0.05, 0.1) is 5.52 Å². The second-order valence-electron chi connectivity index (χ2n) is 4.13. The van der Waals surface area contributed by atoms with Gasteiger partial charge in [-0.1, -0.05) is 26.0 Å². The van der Waals surface area contributed by atoms with E-state index in [-0.39, 0.29) is 0 Å². The van der Waals surface area contributed by atoms with Crippen molar-refractivity contribution in [1.82, 2.24) is 4.98 Å². The van der Waals surface area contributed by atoms with Crippen molar-refractivity contribution in [2.75, 3.05) is 0 Å². The first-order valence-electron chi connectivity index (χ1n) is 5.27. The second-order valence-corrected chi connectivity index (χ2v) is 5.25. The molecule has 0 saturated heterocycles. The van der Waals surface area contributed by atoms with Gasteiger partial charge in [0.25, 0.3) is 0 Å². The third-order valence-electron chi connectivity index (χ3n) is 2.63. The molecule has 0 aliphatic rings. The van der Waals surface area contributed by atoms with E-state index in [1.54, 1.807) is 0 Å². The lowest BCUT2D eigenvalue weighted by Gasteiger charge is -2.10. The first-order valence-corrected chi connectivity index (χ1v) is 6.60. The van der Waals surface area contributed by atoms with Crippen LogP contribution >= 0.6 is 27.5 Å². The summed E-state index contributed by atoms with van der Waals surface area (Å²) in [6.07, 6.45) is 0. The zero-order valence-electron chi connectivity index (χ0n) is 9.30. The van der Waals surface area contributed by atoms with E-state index < -0.39 is 0 Å². The molecule has 0 radical (unpaired) electrons. The summed E-state index contributed by atoms with van der Waals surface area (Å²) in [5, 5.41) is 1.13. The van der Waals surface area contributed by atoms with Crippen LogP contribution in [0.3, 0.4) is 0 Å². The lowest BCUT2D eigenvalue weighted by Crippen LogP contribution is -1.96. The van der Waals surface area contributed by atoms with Crippen molar-refractivity contribution in [1.29, 1.82) is 0 Å². The van der Waals surface area contributed by atoms with Crippen molar-refractivity contribution in [2.45, 2.75) is 25.6 Å². The zero-order valence-corrected chi connectivity index (χ0v) is 11.6. The summed E-state index contributed by atoms with van der Waals surface area (Å²) < 4.78 is 1.03. The number of halogens is 2. The van der Waals surface area contributed by atoms with Crippen molar-refractivity contribution in [3.05, 3.63) is 40.0 Å². The zero-order chi connectivity index (χ0) is 11.7. The Morgan fingerprint density at radius 1 is 1.38 bits per heavy atom. The Kier molecular flexibility index (Phi) is 3.50. The number of fused-ring (bicyclic) bond motifs is 1. The van der Waals surface area contributed by atoms with E-state index in [0.717, 1.165) is 26.6 Å². The smallest absolute Gasteiger partial charge is 0.0850 e. The van der Waals surface area contributed by atoms with Crippen LogP contribution in [0.5, 0.6) is 0 Å². The van der Waals surface area contributed by atoms with Crippen LogP contribution in [0, 0.1) is 0 Å². The molecule has 2 aromatic rings. The molecule has 3 heteroatoms. The Hall–Kier alpha value is -0.600. The Labute approximate surface area is 109 Å². The molecule has 0 bridgehead atoms. The molecule has 0 N–H and O–H groups in total. The second kappa shape index (κ2) is 4.72. The summed E-state index contributed by atoms with van der Waals surface area (Å²) >= 11 is 9.53. The highest BCUT2D eigenvalue weighted by Crippen LogP contribution is 2.28. The minimum absolute atomic E-state index is 0.415. The molecule has 0 aliphatic carbocycles. The minimum Gasteiger partial charge on any atom is -0.251 e. The van der Waals surface area contributed by atoms with Crippen molar-refractivity contribution in [3.63, 3.8) is 0 Å². The number of hydrogen-bond donors (Lipinski definition) is 0. The van der Waals surface area contributed by atoms with Crippen LogP contribution in [0.15, 0.2) is 28.7 Å². The topological polar surface area (TPSA) is 12.9 Å². The number of benzene rings is 1. The van der Waals surface area contributed by atoms with Gasteiger partial charge in [-0.25, -0.2) is 0 Å². The fourth-order valence-corrected chi connectivity index (χ4v) is 2.39. The van der Waals surface area contributed by atoms with Crippen molar-refractivity contribution in [2.24, 2.45) is 0 Å². The molecule has 0 fully saturated rings. The summed E-state index contributed by atoms with van der Waals surface area (Å²) in [4.78, 5) is 4.68. The van der Waals surface area contributed by atoms with Gasteiger partial charge in [-0.15, -0.1) is 11.6 Å². The normalized spacial score (nSPS) is 11.3. The third kappa shape index (κ3) is 2.09. The van der Waals surface area contributed by atoms with Crippen molar-refractivity contribution in [3.8, 4) is 0 Å². The molecular weight excluding hydrogens is 286 g/mol. The molecule has 0 atom stereocenters. The molecule has 2 rings (SSSR count). The van der Waals surface area contributed by atoms with E-state index >= 15 is 0 Å². The molecule has 0 spiro atoms. The van der Waals surface area contributed by atoms with Gasteiger partial charge in [0, 0.05) is 21.4 Å². The minimum atomic E-state index is 0.415. The summed E-state index contributed by atoms with van der Waals surface area (Å²) in [5.41, 5.74) is 3.25. The van der Waals surface area contributed by atoms with Gasteiger partial charge in [0.1, 0.15) is 0 Å².